The van der Waals surface area contributed by atoms with Gasteiger partial charge in [0.2, 0.25) is 11.7 Å². The zero-order valence-electron chi connectivity index (χ0n) is 21.7. The third-order valence-electron chi connectivity index (χ3n) is 6.73. The van der Waals surface area contributed by atoms with Crippen molar-refractivity contribution in [2.24, 2.45) is 5.92 Å². The molecule has 10 heteroatoms. The Kier molecular flexibility index (Phi) is 7.69. The largest absolute Gasteiger partial charge is 0.481 e. The lowest BCUT2D eigenvalue weighted by Crippen LogP contribution is -2.29. The number of carbonyl (C=O) groups excluding carboxylic acids is 3. The van der Waals surface area contributed by atoms with E-state index in [0.717, 1.165) is 11.1 Å². The van der Waals surface area contributed by atoms with E-state index < -0.39 is 29.5 Å². The number of hydrogen-bond donors (Lipinski definition) is 2. The zero-order chi connectivity index (χ0) is 28.9. The zero-order valence-corrected chi connectivity index (χ0v) is 21.7. The van der Waals surface area contributed by atoms with Crippen LogP contribution in [0.5, 0.6) is 0 Å². The van der Waals surface area contributed by atoms with Crippen molar-refractivity contribution >= 4 is 29.3 Å². The molecular formula is C31H24N4O6. The highest BCUT2D eigenvalue weighted by molar-refractivity contribution is 6.16. The van der Waals surface area contributed by atoms with Crippen molar-refractivity contribution in [2.75, 3.05) is 5.32 Å². The van der Waals surface area contributed by atoms with Gasteiger partial charge in [0.1, 0.15) is 12.3 Å². The monoisotopic (exact) mass is 548 g/mol. The molecular weight excluding hydrogens is 524 g/mol. The molecule has 0 saturated heterocycles. The van der Waals surface area contributed by atoms with Crippen molar-refractivity contribution in [3.63, 3.8) is 0 Å². The highest BCUT2D eigenvalue weighted by Gasteiger charge is 2.37. The van der Waals surface area contributed by atoms with Gasteiger partial charge in [0.25, 0.3) is 0 Å². The van der Waals surface area contributed by atoms with Crippen LogP contribution >= 0.6 is 0 Å². The molecule has 1 atom stereocenters. The Hall–Kier alpha value is -5.56. The molecule has 204 valence electrons. The maximum Gasteiger partial charge on any atom is 0.306 e. The number of nitrogens with one attached hydrogen (secondary N) is 1. The Labute approximate surface area is 234 Å². The van der Waals surface area contributed by atoms with Gasteiger partial charge in [-0.2, -0.15) is 10.4 Å². The summed E-state index contributed by atoms with van der Waals surface area (Å²) in [6, 6.07) is 25.0. The third kappa shape index (κ3) is 5.60. The van der Waals surface area contributed by atoms with E-state index in [4.69, 9.17) is 9.84 Å². The number of amides is 1. The Morgan fingerprint density at radius 2 is 1.66 bits per heavy atom. The predicted octanol–water partition coefficient (Wildman–Crippen LogP) is 4.31. The number of anilines is 1. The second-order valence-electron chi connectivity index (χ2n) is 9.38. The Morgan fingerprint density at radius 3 is 2.34 bits per heavy atom. The molecule has 1 aliphatic rings. The van der Waals surface area contributed by atoms with E-state index in [9.17, 15) is 24.4 Å². The fraction of sp³-hybridized carbons (Fsp3) is 0.161. The molecule has 0 radical (unpaired) electrons. The van der Waals surface area contributed by atoms with Crippen LogP contribution < -0.4 is 5.32 Å². The van der Waals surface area contributed by atoms with Crippen LogP contribution in [0.15, 0.2) is 78.9 Å². The standard InChI is InChI=1S/C31H24N4O6/c32-17-25(31(40)33-20-9-3-1-4-10-20)30(39)28-24-16-23-19(18-41-27(38)15-14-26(36)37)8-7-13-22(23)29(24)35(34-28)21-11-5-2-6-12-21/h1-13,25H,14-16,18H2,(H,33,40)(H,36,37). The number of nitriles is 1. The van der Waals surface area contributed by atoms with Gasteiger partial charge in [0.05, 0.1) is 30.3 Å². The van der Waals surface area contributed by atoms with Crippen LogP contribution in [0.25, 0.3) is 16.9 Å². The van der Waals surface area contributed by atoms with Crippen LogP contribution in [0.1, 0.15) is 40.0 Å². The van der Waals surface area contributed by atoms with Crippen molar-refractivity contribution in [1.82, 2.24) is 9.78 Å². The van der Waals surface area contributed by atoms with Gasteiger partial charge < -0.3 is 15.2 Å². The molecule has 1 amide bonds. The summed E-state index contributed by atoms with van der Waals surface area (Å²) < 4.78 is 6.95. The number of ether oxygens (including phenoxy) is 1. The molecule has 1 aromatic heterocycles. The van der Waals surface area contributed by atoms with Gasteiger partial charge in [-0.05, 0) is 35.4 Å². The summed E-state index contributed by atoms with van der Waals surface area (Å²) in [6.45, 7) is -0.0752. The molecule has 0 fully saturated rings. The normalized spacial score (nSPS) is 12.0. The molecule has 2 N–H and O–H groups in total. The fourth-order valence-corrected chi connectivity index (χ4v) is 4.77. The molecule has 1 unspecified atom stereocenters. The van der Waals surface area contributed by atoms with E-state index in [2.05, 4.69) is 10.4 Å². The molecule has 3 aromatic carbocycles. The molecule has 0 saturated carbocycles. The molecule has 41 heavy (non-hydrogen) atoms. The number of carboxylic acid groups (broad SMARTS) is 1. The number of para-hydroxylation sites is 2. The van der Waals surface area contributed by atoms with Crippen molar-refractivity contribution < 1.29 is 29.0 Å². The number of esters is 1. The van der Waals surface area contributed by atoms with Crippen LogP contribution in [0, 0.1) is 17.2 Å². The summed E-state index contributed by atoms with van der Waals surface area (Å²) >= 11 is 0. The highest BCUT2D eigenvalue weighted by Crippen LogP contribution is 2.42. The number of benzene rings is 3. The highest BCUT2D eigenvalue weighted by atomic mass is 16.5. The lowest BCUT2D eigenvalue weighted by atomic mass is 9.98. The smallest absolute Gasteiger partial charge is 0.306 e. The minimum Gasteiger partial charge on any atom is -0.481 e. The summed E-state index contributed by atoms with van der Waals surface area (Å²) in [4.78, 5) is 49.5. The average Bonchev–Trinajstić information content (AvgIpc) is 3.54. The summed E-state index contributed by atoms with van der Waals surface area (Å²) in [7, 11) is 0. The maximum atomic E-state index is 13.7. The van der Waals surface area contributed by atoms with Gasteiger partial charge >= 0.3 is 11.9 Å². The summed E-state index contributed by atoms with van der Waals surface area (Å²) in [5, 5.41) is 25.9. The van der Waals surface area contributed by atoms with E-state index in [0.29, 0.717) is 28.2 Å². The SMILES string of the molecule is N#CC(C(=O)Nc1ccccc1)C(=O)c1nn(-c2ccccc2)c2c1Cc1c(COC(=O)CCC(=O)O)cccc1-2. The van der Waals surface area contributed by atoms with Gasteiger partial charge in [-0.15, -0.1) is 0 Å². The number of nitrogens with zero attached hydrogens (tertiary/aromatic N) is 3. The van der Waals surface area contributed by atoms with Crippen molar-refractivity contribution in [3.05, 3.63) is 101 Å². The summed E-state index contributed by atoms with van der Waals surface area (Å²) in [5.41, 5.74) is 4.64. The minimum absolute atomic E-state index is 0.0132. The lowest BCUT2D eigenvalue weighted by Gasteiger charge is -2.12. The first-order chi connectivity index (χ1) is 19.9. The van der Waals surface area contributed by atoms with Gasteiger partial charge in [-0.3, -0.25) is 19.2 Å². The first-order valence-electron chi connectivity index (χ1n) is 12.8. The fourth-order valence-electron chi connectivity index (χ4n) is 4.77. The predicted molar refractivity (Wildman–Crippen MR) is 147 cm³/mol. The molecule has 10 nitrogen and oxygen atoms in total. The van der Waals surface area contributed by atoms with Crippen LogP contribution in [0.2, 0.25) is 0 Å². The van der Waals surface area contributed by atoms with Gasteiger partial charge in [0, 0.05) is 23.2 Å². The second-order valence-corrected chi connectivity index (χ2v) is 9.38. The van der Waals surface area contributed by atoms with Gasteiger partial charge in [0.15, 0.2) is 5.92 Å². The van der Waals surface area contributed by atoms with E-state index in [1.165, 1.54) is 0 Å². The first-order valence-corrected chi connectivity index (χ1v) is 12.8. The third-order valence-corrected chi connectivity index (χ3v) is 6.73. The Morgan fingerprint density at radius 1 is 0.951 bits per heavy atom. The van der Waals surface area contributed by atoms with E-state index in [1.807, 2.05) is 42.5 Å². The van der Waals surface area contributed by atoms with Crippen molar-refractivity contribution in [1.29, 1.82) is 5.26 Å². The van der Waals surface area contributed by atoms with Crippen molar-refractivity contribution in [3.8, 4) is 23.0 Å². The average molecular weight is 549 g/mol. The van der Waals surface area contributed by atoms with Crippen LogP contribution in [-0.4, -0.2) is 38.5 Å². The number of ketones is 1. The molecule has 0 spiro atoms. The number of fused-ring (bicyclic) bond motifs is 3. The number of aliphatic carboxylic acids is 1. The van der Waals surface area contributed by atoms with Crippen LogP contribution in [0.3, 0.4) is 0 Å². The van der Waals surface area contributed by atoms with E-state index in [-0.39, 0.29) is 31.6 Å². The molecule has 4 aromatic rings. The minimum atomic E-state index is -1.63. The van der Waals surface area contributed by atoms with Crippen LogP contribution in [-0.2, 0) is 32.1 Å². The molecule has 0 aliphatic heterocycles. The first kappa shape index (κ1) is 27.0. The number of hydrogen-bond acceptors (Lipinski definition) is 7. The number of aromatic nitrogens is 2. The summed E-state index contributed by atoms with van der Waals surface area (Å²) in [5.74, 6) is -4.82. The van der Waals surface area contributed by atoms with Crippen molar-refractivity contribution in [2.45, 2.75) is 25.9 Å². The Balaban J connectivity index is 1.50. The number of carboxylic acids is 1. The molecule has 1 aliphatic carbocycles. The Bertz CT molecular complexity index is 1690. The van der Waals surface area contributed by atoms with Gasteiger partial charge in [-0.25, -0.2) is 4.68 Å². The van der Waals surface area contributed by atoms with E-state index in [1.54, 1.807) is 47.1 Å². The quantitative estimate of drug-likeness (QED) is 0.149. The second kappa shape index (κ2) is 11.7. The van der Waals surface area contributed by atoms with E-state index >= 15 is 0 Å². The maximum absolute atomic E-state index is 13.7. The summed E-state index contributed by atoms with van der Waals surface area (Å²) in [6.07, 6.45) is -0.305. The number of carbonyl (C=O) groups is 4. The van der Waals surface area contributed by atoms with Crippen LogP contribution in [0.4, 0.5) is 5.69 Å². The number of Topliss-reactive ketones (excluding diaryl/α,β-unsaturated/α-hetero) is 1. The topological polar surface area (TPSA) is 151 Å². The lowest BCUT2D eigenvalue weighted by molar-refractivity contribution is -0.148. The van der Waals surface area contributed by atoms with Gasteiger partial charge in [-0.1, -0.05) is 54.6 Å². The molecule has 1 heterocycles. The molecule has 0 bridgehead atoms. The molecule has 5 rings (SSSR count). The number of rotatable bonds is 10.